The summed E-state index contributed by atoms with van der Waals surface area (Å²) in [6.45, 7) is 2.70. The van der Waals surface area contributed by atoms with E-state index >= 15 is 0 Å². The largest absolute Gasteiger partial charge is 0.486 e. The van der Waals surface area contributed by atoms with Gasteiger partial charge in [-0.2, -0.15) is 0 Å². The molecule has 5 rings (SSSR count). The lowest BCUT2D eigenvalue weighted by molar-refractivity contribution is 0.0144. The molecule has 1 saturated heterocycles. The number of nitrogen functional groups attached to an aromatic ring is 1. The van der Waals surface area contributed by atoms with Crippen molar-refractivity contribution in [3.63, 3.8) is 0 Å². The quantitative estimate of drug-likeness (QED) is 0.404. The molecule has 160 valence electrons. The van der Waals surface area contributed by atoms with E-state index in [9.17, 15) is 0 Å². The minimum atomic E-state index is 0.190. The fourth-order valence-corrected chi connectivity index (χ4v) is 3.78. The first-order valence-electron chi connectivity index (χ1n) is 10.7. The Labute approximate surface area is 188 Å². The highest BCUT2D eigenvalue weighted by Gasteiger charge is 2.28. The number of ether oxygens (including phenoxy) is 2. The molecule has 5 heteroatoms. The third-order valence-corrected chi connectivity index (χ3v) is 5.45. The van der Waals surface area contributed by atoms with Crippen LogP contribution < -0.4 is 15.2 Å². The molecule has 0 atom stereocenters. The predicted octanol–water partition coefficient (Wildman–Crippen LogP) is 5.39. The number of benzene rings is 3. The van der Waals surface area contributed by atoms with Crippen LogP contribution in [-0.2, 0) is 6.54 Å². The average molecular weight is 424 g/mol. The van der Waals surface area contributed by atoms with E-state index in [0.717, 1.165) is 53.8 Å². The van der Waals surface area contributed by atoms with Gasteiger partial charge in [0, 0.05) is 30.9 Å². The summed E-state index contributed by atoms with van der Waals surface area (Å²) in [7, 11) is 0. The van der Waals surface area contributed by atoms with Crippen molar-refractivity contribution in [1.82, 2.24) is 9.88 Å². The van der Waals surface area contributed by atoms with E-state index in [0.29, 0.717) is 0 Å². The third kappa shape index (κ3) is 4.90. The molecule has 1 aliphatic heterocycles. The Hall–Kier alpha value is -3.83. The lowest BCUT2D eigenvalue weighted by Gasteiger charge is -2.39. The minimum absolute atomic E-state index is 0.190. The van der Waals surface area contributed by atoms with E-state index < -0.39 is 0 Å². The molecule has 0 aliphatic carbocycles. The van der Waals surface area contributed by atoms with Gasteiger partial charge in [-0.05, 0) is 54.1 Å². The Balaban J connectivity index is 1.09. The standard InChI is InChI=1S/C27H25N3O2/c28-22-6-4-5-21(15-22)27-14-13-25(16-29-27)32-26-18-30(19-26)17-20-9-11-24(12-10-20)31-23-7-2-1-3-8-23/h1-16,26H,17-19,28H2. The summed E-state index contributed by atoms with van der Waals surface area (Å²) in [5.41, 5.74) is 9.75. The topological polar surface area (TPSA) is 60.6 Å². The first-order valence-corrected chi connectivity index (χ1v) is 10.7. The summed E-state index contributed by atoms with van der Waals surface area (Å²) in [5.74, 6) is 2.49. The van der Waals surface area contributed by atoms with Crippen LogP contribution in [0.2, 0.25) is 0 Å². The van der Waals surface area contributed by atoms with E-state index in [1.807, 2.05) is 78.9 Å². The molecule has 32 heavy (non-hydrogen) atoms. The van der Waals surface area contributed by atoms with Crippen LogP contribution in [0.1, 0.15) is 5.56 Å². The number of pyridine rings is 1. The van der Waals surface area contributed by atoms with Crippen LogP contribution in [0.15, 0.2) is 97.2 Å². The van der Waals surface area contributed by atoms with Crippen LogP contribution in [0.4, 0.5) is 5.69 Å². The van der Waals surface area contributed by atoms with Gasteiger partial charge in [0.15, 0.2) is 0 Å². The van der Waals surface area contributed by atoms with Crippen molar-refractivity contribution in [2.24, 2.45) is 0 Å². The van der Waals surface area contributed by atoms with Crippen LogP contribution in [0, 0.1) is 0 Å². The summed E-state index contributed by atoms with van der Waals surface area (Å²) in [4.78, 5) is 6.89. The molecule has 1 aromatic heterocycles. The normalized spacial score (nSPS) is 14.0. The highest BCUT2D eigenvalue weighted by Crippen LogP contribution is 2.25. The summed E-state index contributed by atoms with van der Waals surface area (Å²) >= 11 is 0. The van der Waals surface area contributed by atoms with Crippen molar-refractivity contribution in [2.75, 3.05) is 18.8 Å². The van der Waals surface area contributed by atoms with E-state index in [1.165, 1.54) is 5.56 Å². The summed E-state index contributed by atoms with van der Waals surface area (Å²) < 4.78 is 11.9. The average Bonchev–Trinajstić information content (AvgIpc) is 2.80. The van der Waals surface area contributed by atoms with Crippen molar-refractivity contribution >= 4 is 5.69 Å². The van der Waals surface area contributed by atoms with Crippen molar-refractivity contribution in [3.05, 3.63) is 103 Å². The van der Waals surface area contributed by atoms with Crippen LogP contribution in [-0.4, -0.2) is 29.1 Å². The molecule has 0 bridgehead atoms. The number of hydrogen-bond donors (Lipinski definition) is 1. The van der Waals surface area contributed by atoms with Crippen molar-refractivity contribution in [3.8, 4) is 28.5 Å². The van der Waals surface area contributed by atoms with Gasteiger partial charge in [0.1, 0.15) is 23.4 Å². The monoisotopic (exact) mass is 423 g/mol. The zero-order chi connectivity index (χ0) is 21.8. The fraction of sp³-hybridized carbons (Fsp3) is 0.148. The van der Waals surface area contributed by atoms with Crippen molar-refractivity contribution in [1.29, 1.82) is 0 Å². The molecule has 1 fully saturated rings. The maximum Gasteiger partial charge on any atom is 0.138 e. The number of para-hydroxylation sites is 1. The number of hydrogen-bond acceptors (Lipinski definition) is 5. The predicted molar refractivity (Wildman–Crippen MR) is 127 cm³/mol. The van der Waals surface area contributed by atoms with Gasteiger partial charge in [0.05, 0.1) is 11.9 Å². The highest BCUT2D eigenvalue weighted by atomic mass is 16.5. The van der Waals surface area contributed by atoms with Crippen molar-refractivity contribution < 1.29 is 9.47 Å². The Morgan fingerprint density at radius 1 is 0.812 bits per heavy atom. The number of likely N-dealkylation sites (tertiary alicyclic amines) is 1. The number of nitrogens with two attached hydrogens (primary N) is 1. The van der Waals surface area contributed by atoms with Crippen LogP contribution in [0.25, 0.3) is 11.3 Å². The first-order chi connectivity index (χ1) is 15.7. The number of aromatic nitrogens is 1. The summed E-state index contributed by atoms with van der Waals surface area (Å²) in [6, 6.07) is 29.8. The van der Waals surface area contributed by atoms with Crippen LogP contribution >= 0.6 is 0 Å². The first kappa shape index (κ1) is 20.1. The smallest absolute Gasteiger partial charge is 0.138 e. The number of rotatable bonds is 7. The molecule has 4 aromatic rings. The molecular weight excluding hydrogens is 398 g/mol. The Morgan fingerprint density at radius 2 is 1.56 bits per heavy atom. The molecule has 0 radical (unpaired) electrons. The van der Waals surface area contributed by atoms with Gasteiger partial charge in [0.25, 0.3) is 0 Å². The second kappa shape index (κ2) is 9.12. The van der Waals surface area contributed by atoms with Gasteiger partial charge in [-0.1, -0.05) is 42.5 Å². The number of nitrogens with zero attached hydrogens (tertiary/aromatic N) is 2. The lowest BCUT2D eigenvalue weighted by atomic mass is 10.1. The third-order valence-electron chi connectivity index (χ3n) is 5.45. The van der Waals surface area contributed by atoms with E-state index in [4.69, 9.17) is 15.2 Å². The van der Waals surface area contributed by atoms with Crippen molar-refractivity contribution in [2.45, 2.75) is 12.6 Å². The second-order valence-electron chi connectivity index (χ2n) is 8.00. The molecule has 2 N–H and O–H groups in total. The molecule has 0 unspecified atom stereocenters. The molecule has 0 saturated carbocycles. The van der Waals surface area contributed by atoms with Gasteiger partial charge in [0.2, 0.25) is 0 Å². The summed E-state index contributed by atoms with van der Waals surface area (Å²) in [5, 5.41) is 0. The zero-order valence-corrected chi connectivity index (χ0v) is 17.7. The second-order valence-corrected chi connectivity index (χ2v) is 8.00. The van der Waals surface area contributed by atoms with Crippen LogP contribution in [0.5, 0.6) is 17.2 Å². The van der Waals surface area contributed by atoms with E-state index in [2.05, 4.69) is 22.0 Å². The van der Waals surface area contributed by atoms with Gasteiger partial charge >= 0.3 is 0 Å². The molecule has 0 amide bonds. The SMILES string of the molecule is Nc1cccc(-c2ccc(OC3CN(Cc4ccc(Oc5ccccc5)cc4)C3)cn2)c1. The van der Waals surface area contributed by atoms with E-state index in [1.54, 1.807) is 6.20 Å². The van der Waals surface area contributed by atoms with E-state index in [-0.39, 0.29) is 6.10 Å². The highest BCUT2D eigenvalue weighted by molar-refractivity contribution is 5.64. The Kier molecular flexibility index (Phi) is 5.73. The van der Waals surface area contributed by atoms with Gasteiger partial charge < -0.3 is 15.2 Å². The van der Waals surface area contributed by atoms with Crippen LogP contribution in [0.3, 0.4) is 0 Å². The Morgan fingerprint density at radius 3 is 2.28 bits per heavy atom. The zero-order valence-electron chi connectivity index (χ0n) is 17.7. The fourth-order valence-electron chi connectivity index (χ4n) is 3.78. The molecule has 0 spiro atoms. The van der Waals surface area contributed by atoms with Gasteiger partial charge in [-0.15, -0.1) is 0 Å². The molecular formula is C27H25N3O2. The van der Waals surface area contributed by atoms with Gasteiger partial charge in [-0.3, -0.25) is 9.88 Å². The maximum atomic E-state index is 6.07. The molecule has 3 aromatic carbocycles. The molecule has 1 aliphatic rings. The Bertz CT molecular complexity index is 1160. The minimum Gasteiger partial charge on any atom is -0.486 e. The van der Waals surface area contributed by atoms with Gasteiger partial charge in [-0.25, -0.2) is 0 Å². The summed E-state index contributed by atoms with van der Waals surface area (Å²) in [6.07, 6.45) is 1.97. The lowest BCUT2D eigenvalue weighted by Crippen LogP contribution is -2.53. The maximum absolute atomic E-state index is 6.07. The number of anilines is 1. The molecule has 5 nitrogen and oxygen atoms in total. The molecule has 2 heterocycles.